The van der Waals surface area contributed by atoms with Gasteiger partial charge in [-0.05, 0) is 26.8 Å². The molecular weight excluding hydrogens is 226 g/mol. The first-order chi connectivity index (χ1) is 8.66. The predicted molar refractivity (Wildman–Crippen MR) is 74.1 cm³/mol. The number of pyridine rings is 1. The highest BCUT2D eigenvalue weighted by molar-refractivity contribution is 5.12. The highest BCUT2D eigenvalue weighted by atomic mass is 16.1. The van der Waals surface area contributed by atoms with Crippen molar-refractivity contribution in [3.05, 3.63) is 33.7 Å². The van der Waals surface area contributed by atoms with E-state index in [2.05, 4.69) is 14.8 Å². The lowest BCUT2D eigenvalue weighted by atomic mass is 10.2. The first kappa shape index (κ1) is 13.3. The molecule has 1 fully saturated rings. The summed E-state index contributed by atoms with van der Waals surface area (Å²) in [5.74, 6) is 0. The SMILES string of the molecule is Cc1cc(=O)cc(C)n1CCCN1CCNCC1. The number of piperazine rings is 1. The molecular formula is C14H23N3O. The molecule has 1 aromatic rings. The summed E-state index contributed by atoms with van der Waals surface area (Å²) >= 11 is 0. The van der Waals surface area contributed by atoms with E-state index in [9.17, 15) is 4.79 Å². The van der Waals surface area contributed by atoms with E-state index in [4.69, 9.17) is 0 Å². The molecule has 0 amide bonds. The van der Waals surface area contributed by atoms with Crippen molar-refractivity contribution in [2.75, 3.05) is 32.7 Å². The highest BCUT2D eigenvalue weighted by Crippen LogP contribution is 2.04. The number of hydrogen-bond acceptors (Lipinski definition) is 3. The van der Waals surface area contributed by atoms with Gasteiger partial charge in [0, 0.05) is 56.2 Å². The van der Waals surface area contributed by atoms with E-state index in [1.54, 1.807) is 12.1 Å². The number of nitrogens with zero attached hydrogens (tertiary/aromatic N) is 2. The molecule has 1 saturated heterocycles. The number of aromatic nitrogens is 1. The first-order valence-electron chi connectivity index (χ1n) is 6.78. The fourth-order valence-electron chi connectivity index (χ4n) is 2.63. The Morgan fingerprint density at radius 1 is 1.11 bits per heavy atom. The number of hydrogen-bond donors (Lipinski definition) is 1. The molecule has 100 valence electrons. The molecule has 4 heteroatoms. The molecule has 0 aliphatic carbocycles. The molecule has 2 rings (SSSR count). The van der Waals surface area contributed by atoms with Crippen LogP contribution in [0.2, 0.25) is 0 Å². The van der Waals surface area contributed by atoms with Crippen LogP contribution in [0.25, 0.3) is 0 Å². The molecule has 4 nitrogen and oxygen atoms in total. The predicted octanol–water partition coefficient (Wildman–Crippen LogP) is 0.760. The largest absolute Gasteiger partial charge is 0.349 e. The van der Waals surface area contributed by atoms with Crippen LogP contribution in [0.15, 0.2) is 16.9 Å². The van der Waals surface area contributed by atoms with Gasteiger partial charge in [-0.3, -0.25) is 4.79 Å². The van der Waals surface area contributed by atoms with Crippen LogP contribution >= 0.6 is 0 Å². The molecule has 1 aliphatic rings. The van der Waals surface area contributed by atoms with Gasteiger partial charge in [-0.15, -0.1) is 0 Å². The van der Waals surface area contributed by atoms with E-state index < -0.39 is 0 Å². The minimum absolute atomic E-state index is 0.114. The Morgan fingerprint density at radius 2 is 1.72 bits per heavy atom. The van der Waals surface area contributed by atoms with Crippen molar-refractivity contribution in [1.82, 2.24) is 14.8 Å². The minimum Gasteiger partial charge on any atom is -0.349 e. The standard InChI is InChI=1S/C14H23N3O/c1-12-10-14(18)11-13(2)17(12)7-3-6-16-8-4-15-5-9-16/h10-11,15H,3-9H2,1-2H3. The summed E-state index contributed by atoms with van der Waals surface area (Å²) in [6.07, 6.45) is 1.14. The van der Waals surface area contributed by atoms with Crippen LogP contribution < -0.4 is 10.7 Å². The Hall–Kier alpha value is -1.13. The second-order valence-corrected chi connectivity index (χ2v) is 5.07. The van der Waals surface area contributed by atoms with E-state index in [0.717, 1.165) is 57.1 Å². The summed E-state index contributed by atoms with van der Waals surface area (Å²) in [6, 6.07) is 3.44. The van der Waals surface area contributed by atoms with Crippen LogP contribution in [0.3, 0.4) is 0 Å². The molecule has 18 heavy (non-hydrogen) atoms. The Labute approximate surface area is 109 Å². The third kappa shape index (κ3) is 3.43. The second kappa shape index (κ2) is 6.16. The molecule has 1 N–H and O–H groups in total. The van der Waals surface area contributed by atoms with Gasteiger partial charge in [0.05, 0.1) is 0 Å². The molecule has 0 bridgehead atoms. The smallest absolute Gasteiger partial charge is 0.182 e. The molecule has 2 heterocycles. The zero-order valence-corrected chi connectivity index (χ0v) is 11.4. The van der Waals surface area contributed by atoms with Crippen molar-refractivity contribution in [3.63, 3.8) is 0 Å². The van der Waals surface area contributed by atoms with E-state index in [1.165, 1.54) is 0 Å². The molecule has 0 unspecified atom stereocenters. The molecule has 0 atom stereocenters. The van der Waals surface area contributed by atoms with Gasteiger partial charge in [-0.2, -0.15) is 0 Å². The lowest BCUT2D eigenvalue weighted by Gasteiger charge is -2.27. The van der Waals surface area contributed by atoms with Crippen LogP contribution in [0.4, 0.5) is 0 Å². The summed E-state index contributed by atoms with van der Waals surface area (Å²) < 4.78 is 2.24. The van der Waals surface area contributed by atoms with Crippen molar-refractivity contribution in [2.24, 2.45) is 0 Å². The van der Waals surface area contributed by atoms with Crippen molar-refractivity contribution >= 4 is 0 Å². The average molecular weight is 249 g/mol. The summed E-state index contributed by atoms with van der Waals surface area (Å²) in [5.41, 5.74) is 2.25. The summed E-state index contributed by atoms with van der Waals surface area (Å²) in [6.45, 7) is 10.7. The maximum absolute atomic E-state index is 11.4. The fraction of sp³-hybridized carbons (Fsp3) is 0.643. The zero-order chi connectivity index (χ0) is 13.0. The van der Waals surface area contributed by atoms with Crippen molar-refractivity contribution in [1.29, 1.82) is 0 Å². The molecule has 1 aromatic heterocycles. The van der Waals surface area contributed by atoms with Gasteiger partial charge in [-0.25, -0.2) is 0 Å². The zero-order valence-electron chi connectivity index (χ0n) is 11.4. The summed E-state index contributed by atoms with van der Waals surface area (Å²) in [7, 11) is 0. The lowest BCUT2D eigenvalue weighted by Crippen LogP contribution is -2.43. The normalized spacial score (nSPS) is 17.0. The second-order valence-electron chi connectivity index (χ2n) is 5.07. The van der Waals surface area contributed by atoms with E-state index in [1.807, 2.05) is 13.8 Å². The van der Waals surface area contributed by atoms with Crippen LogP contribution in [-0.2, 0) is 6.54 Å². The Kier molecular flexibility index (Phi) is 4.55. The van der Waals surface area contributed by atoms with Gasteiger partial charge < -0.3 is 14.8 Å². The Morgan fingerprint density at radius 3 is 2.33 bits per heavy atom. The van der Waals surface area contributed by atoms with Crippen LogP contribution in [0, 0.1) is 13.8 Å². The van der Waals surface area contributed by atoms with Gasteiger partial charge in [-0.1, -0.05) is 0 Å². The number of nitrogens with one attached hydrogen (secondary N) is 1. The van der Waals surface area contributed by atoms with Gasteiger partial charge >= 0.3 is 0 Å². The Bertz CT molecular complexity index is 421. The average Bonchev–Trinajstić information content (AvgIpc) is 2.34. The van der Waals surface area contributed by atoms with Gasteiger partial charge in [0.15, 0.2) is 5.43 Å². The third-order valence-corrected chi connectivity index (χ3v) is 3.62. The third-order valence-electron chi connectivity index (χ3n) is 3.62. The molecule has 0 aromatic carbocycles. The molecule has 0 saturated carbocycles. The lowest BCUT2D eigenvalue weighted by molar-refractivity contribution is 0.234. The van der Waals surface area contributed by atoms with Gasteiger partial charge in [0.2, 0.25) is 0 Å². The van der Waals surface area contributed by atoms with Crippen LogP contribution in [0.5, 0.6) is 0 Å². The number of rotatable bonds is 4. The maximum atomic E-state index is 11.4. The van der Waals surface area contributed by atoms with E-state index >= 15 is 0 Å². The number of aryl methyl sites for hydroxylation is 2. The molecule has 0 radical (unpaired) electrons. The van der Waals surface area contributed by atoms with Crippen LogP contribution in [0.1, 0.15) is 17.8 Å². The van der Waals surface area contributed by atoms with Crippen LogP contribution in [-0.4, -0.2) is 42.2 Å². The molecule has 0 spiro atoms. The van der Waals surface area contributed by atoms with Gasteiger partial charge in [0.25, 0.3) is 0 Å². The fourth-order valence-corrected chi connectivity index (χ4v) is 2.63. The summed E-state index contributed by atoms with van der Waals surface area (Å²) in [5, 5.41) is 3.37. The van der Waals surface area contributed by atoms with Crippen molar-refractivity contribution < 1.29 is 0 Å². The van der Waals surface area contributed by atoms with E-state index in [0.29, 0.717) is 0 Å². The minimum atomic E-state index is 0.114. The Balaban J connectivity index is 1.88. The molecule has 1 aliphatic heterocycles. The highest BCUT2D eigenvalue weighted by Gasteiger charge is 2.09. The topological polar surface area (TPSA) is 37.3 Å². The monoisotopic (exact) mass is 249 g/mol. The van der Waals surface area contributed by atoms with E-state index in [-0.39, 0.29) is 5.43 Å². The summed E-state index contributed by atoms with van der Waals surface area (Å²) in [4.78, 5) is 13.9. The quantitative estimate of drug-likeness (QED) is 0.856. The first-order valence-corrected chi connectivity index (χ1v) is 6.78. The van der Waals surface area contributed by atoms with Crippen molar-refractivity contribution in [2.45, 2.75) is 26.8 Å². The van der Waals surface area contributed by atoms with Crippen molar-refractivity contribution in [3.8, 4) is 0 Å². The van der Waals surface area contributed by atoms with Gasteiger partial charge in [0.1, 0.15) is 0 Å². The maximum Gasteiger partial charge on any atom is 0.182 e.